The molecular weight excluding hydrogens is 464 g/mol. The minimum Gasteiger partial charge on any atom is -0.503 e. The van der Waals surface area contributed by atoms with Crippen molar-refractivity contribution in [2.24, 2.45) is 0 Å². The van der Waals surface area contributed by atoms with Crippen LogP contribution in [0.3, 0.4) is 0 Å². The molecule has 1 aliphatic heterocycles. The number of methoxy groups -OCH3 is 1. The number of amides is 2. The van der Waals surface area contributed by atoms with Gasteiger partial charge < -0.3 is 9.84 Å². The predicted molar refractivity (Wildman–Crippen MR) is 116 cm³/mol. The second-order valence-electron chi connectivity index (χ2n) is 5.83. The second kappa shape index (κ2) is 8.34. The topological polar surface area (TPSA) is 78.9 Å². The molecule has 2 aromatic carbocycles. The Labute approximate surface area is 179 Å². The summed E-state index contributed by atoms with van der Waals surface area (Å²) in [6.07, 6.45) is 1.62. The predicted octanol–water partition coefficient (Wildman–Crippen LogP) is 4.02. The number of rotatable bonds is 4. The van der Waals surface area contributed by atoms with Gasteiger partial charge in [0, 0.05) is 5.56 Å². The van der Waals surface area contributed by atoms with Gasteiger partial charge in [-0.1, -0.05) is 30.0 Å². The zero-order valence-electron chi connectivity index (χ0n) is 14.9. The molecule has 2 amide bonds. The SMILES string of the molecule is COc1cc(/C=C2/SC(=S)N(NC(=O)c3ccccc3C)C2=O)cc(Br)c1O. The molecule has 9 heteroatoms. The number of aromatic hydroxyl groups is 1. The summed E-state index contributed by atoms with van der Waals surface area (Å²) in [5.74, 6) is -0.605. The van der Waals surface area contributed by atoms with Crippen molar-refractivity contribution < 1.29 is 19.4 Å². The first-order valence-corrected chi connectivity index (χ1v) is 10.0. The number of halogens is 1. The molecule has 1 fully saturated rings. The molecule has 0 radical (unpaired) electrons. The molecule has 1 heterocycles. The maximum atomic E-state index is 12.7. The Hall–Kier alpha value is -2.36. The minimum atomic E-state index is -0.430. The molecular formula is C19H15BrN2O4S2. The Kier molecular flexibility index (Phi) is 6.07. The van der Waals surface area contributed by atoms with Crippen LogP contribution in [0.25, 0.3) is 6.08 Å². The molecule has 0 atom stereocenters. The van der Waals surface area contributed by atoms with Crippen LogP contribution >= 0.6 is 39.9 Å². The fraction of sp³-hybridized carbons (Fsp3) is 0.105. The first kappa shape index (κ1) is 20.4. The van der Waals surface area contributed by atoms with E-state index in [1.54, 1.807) is 30.3 Å². The lowest BCUT2D eigenvalue weighted by atomic mass is 10.1. The number of hydrogen-bond acceptors (Lipinski definition) is 6. The number of nitrogens with zero attached hydrogens (tertiary/aromatic N) is 1. The van der Waals surface area contributed by atoms with Crippen molar-refractivity contribution in [3.63, 3.8) is 0 Å². The maximum Gasteiger partial charge on any atom is 0.285 e. The van der Waals surface area contributed by atoms with Crippen molar-refractivity contribution in [1.29, 1.82) is 0 Å². The highest BCUT2D eigenvalue weighted by Gasteiger charge is 2.34. The summed E-state index contributed by atoms with van der Waals surface area (Å²) in [5, 5.41) is 11.0. The van der Waals surface area contributed by atoms with Crippen LogP contribution < -0.4 is 10.2 Å². The number of phenolic OH excluding ortho intramolecular Hbond substituents is 1. The number of nitrogens with one attached hydrogen (secondary N) is 1. The number of aryl methyl sites for hydroxylation is 1. The average molecular weight is 479 g/mol. The first-order chi connectivity index (χ1) is 13.3. The van der Waals surface area contributed by atoms with Crippen molar-refractivity contribution in [2.45, 2.75) is 6.92 Å². The zero-order chi connectivity index (χ0) is 20.4. The van der Waals surface area contributed by atoms with Crippen molar-refractivity contribution in [3.8, 4) is 11.5 Å². The zero-order valence-corrected chi connectivity index (χ0v) is 18.1. The van der Waals surface area contributed by atoms with E-state index in [4.69, 9.17) is 17.0 Å². The van der Waals surface area contributed by atoms with Crippen LogP contribution in [0.15, 0.2) is 45.8 Å². The van der Waals surface area contributed by atoms with Gasteiger partial charge in [-0.05, 0) is 70.5 Å². The van der Waals surface area contributed by atoms with E-state index in [1.807, 2.05) is 19.1 Å². The van der Waals surface area contributed by atoms with Crippen LogP contribution in [0.1, 0.15) is 21.5 Å². The Morgan fingerprint density at radius 3 is 2.75 bits per heavy atom. The van der Waals surface area contributed by atoms with E-state index in [2.05, 4.69) is 21.4 Å². The maximum absolute atomic E-state index is 12.7. The minimum absolute atomic E-state index is 0.0299. The van der Waals surface area contributed by atoms with Gasteiger partial charge in [-0.15, -0.1) is 0 Å². The van der Waals surface area contributed by atoms with Gasteiger partial charge in [0.2, 0.25) is 0 Å². The number of hydrogen-bond donors (Lipinski definition) is 2. The monoisotopic (exact) mass is 478 g/mol. The third kappa shape index (κ3) is 4.06. The molecule has 1 saturated heterocycles. The van der Waals surface area contributed by atoms with E-state index in [-0.39, 0.29) is 15.8 Å². The lowest BCUT2D eigenvalue weighted by molar-refractivity contribution is -0.123. The largest absolute Gasteiger partial charge is 0.503 e. The standard InChI is InChI=1S/C19H15BrN2O4S2/c1-10-5-3-4-6-12(10)17(24)21-22-18(25)15(28-19(22)27)9-11-7-13(20)16(23)14(8-11)26-2/h3-9,23H,1-2H3,(H,21,24)/b15-9+. The quantitative estimate of drug-likeness (QED) is 0.510. The lowest BCUT2D eigenvalue weighted by Gasteiger charge is -2.16. The van der Waals surface area contributed by atoms with Crippen LogP contribution in [0, 0.1) is 6.92 Å². The molecule has 0 unspecified atom stereocenters. The molecule has 2 aromatic rings. The number of thioether (sulfide) groups is 1. The normalized spacial score (nSPS) is 15.2. The van der Waals surface area contributed by atoms with Crippen molar-refractivity contribution in [3.05, 3.63) is 62.5 Å². The van der Waals surface area contributed by atoms with Gasteiger partial charge in [-0.3, -0.25) is 15.0 Å². The van der Waals surface area contributed by atoms with E-state index in [0.29, 0.717) is 20.5 Å². The molecule has 0 bridgehead atoms. The number of hydrazine groups is 1. The second-order valence-corrected chi connectivity index (χ2v) is 8.36. The lowest BCUT2D eigenvalue weighted by Crippen LogP contribution is -2.45. The number of carbonyl (C=O) groups excluding carboxylic acids is 2. The highest BCUT2D eigenvalue weighted by Crippen LogP contribution is 2.37. The van der Waals surface area contributed by atoms with Gasteiger partial charge in [0.15, 0.2) is 15.8 Å². The van der Waals surface area contributed by atoms with Crippen LogP contribution in [0.5, 0.6) is 11.5 Å². The number of ether oxygens (including phenoxy) is 1. The Bertz CT molecular complexity index is 1020. The third-order valence-electron chi connectivity index (χ3n) is 3.97. The molecule has 0 aromatic heterocycles. The van der Waals surface area contributed by atoms with Gasteiger partial charge >= 0.3 is 0 Å². The Morgan fingerprint density at radius 2 is 2.07 bits per heavy atom. The van der Waals surface area contributed by atoms with Gasteiger partial charge in [-0.2, -0.15) is 5.01 Å². The molecule has 3 rings (SSSR count). The summed E-state index contributed by atoms with van der Waals surface area (Å²) >= 11 is 9.57. The van der Waals surface area contributed by atoms with E-state index >= 15 is 0 Å². The number of carbonyl (C=O) groups is 2. The molecule has 2 N–H and O–H groups in total. The van der Waals surface area contributed by atoms with Crippen molar-refractivity contribution >= 4 is 62.1 Å². The van der Waals surface area contributed by atoms with Crippen LogP contribution in [-0.2, 0) is 4.79 Å². The van der Waals surface area contributed by atoms with Crippen LogP contribution in [0.2, 0.25) is 0 Å². The summed E-state index contributed by atoms with van der Waals surface area (Å²) < 4.78 is 5.78. The summed E-state index contributed by atoms with van der Waals surface area (Å²) in [4.78, 5) is 25.6. The Balaban J connectivity index is 1.84. The average Bonchev–Trinajstić information content (AvgIpc) is 2.92. The van der Waals surface area contributed by atoms with E-state index < -0.39 is 11.8 Å². The third-order valence-corrected chi connectivity index (χ3v) is 5.87. The van der Waals surface area contributed by atoms with Crippen LogP contribution in [-0.4, -0.2) is 33.4 Å². The molecule has 0 aliphatic carbocycles. The number of phenols is 1. The summed E-state index contributed by atoms with van der Waals surface area (Å²) in [5.41, 5.74) is 4.45. The van der Waals surface area contributed by atoms with Gasteiger partial charge in [0.25, 0.3) is 11.8 Å². The summed E-state index contributed by atoms with van der Waals surface area (Å²) in [6, 6.07) is 10.3. The van der Waals surface area contributed by atoms with Crippen molar-refractivity contribution in [1.82, 2.24) is 10.4 Å². The van der Waals surface area contributed by atoms with Gasteiger partial charge in [-0.25, -0.2) is 0 Å². The number of thiocarbonyl (C=S) groups is 1. The van der Waals surface area contributed by atoms with E-state index in [0.717, 1.165) is 22.3 Å². The van der Waals surface area contributed by atoms with E-state index in [9.17, 15) is 14.7 Å². The highest BCUT2D eigenvalue weighted by molar-refractivity contribution is 9.10. The fourth-order valence-corrected chi connectivity index (χ4v) is 4.18. The molecule has 28 heavy (non-hydrogen) atoms. The van der Waals surface area contributed by atoms with Gasteiger partial charge in [0.1, 0.15) is 0 Å². The molecule has 0 spiro atoms. The highest BCUT2D eigenvalue weighted by atomic mass is 79.9. The first-order valence-electron chi connectivity index (χ1n) is 8.03. The number of benzene rings is 2. The molecule has 6 nitrogen and oxygen atoms in total. The Morgan fingerprint density at radius 1 is 1.36 bits per heavy atom. The molecule has 0 saturated carbocycles. The van der Waals surface area contributed by atoms with Crippen molar-refractivity contribution in [2.75, 3.05) is 7.11 Å². The van der Waals surface area contributed by atoms with E-state index in [1.165, 1.54) is 7.11 Å². The fourth-order valence-electron chi connectivity index (χ4n) is 2.54. The van der Waals surface area contributed by atoms with Crippen LogP contribution in [0.4, 0.5) is 0 Å². The summed E-state index contributed by atoms with van der Waals surface area (Å²) in [6.45, 7) is 1.81. The van der Waals surface area contributed by atoms with Gasteiger partial charge in [0.05, 0.1) is 16.5 Å². The summed E-state index contributed by atoms with van der Waals surface area (Å²) in [7, 11) is 1.44. The smallest absolute Gasteiger partial charge is 0.285 e. The molecule has 1 aliphatic rings. The molecule has 144 valence electrons.